The molecule has 5 N–H and O–H groups in total. The highest BCUT2D eigenvalue weighted by Crippen LogP contribution is 2.22. The van der Waals surface area contributed by atoms with Gasteiger partial charge >= 0.3 is 17.9 Å². The van der Waals surface area contributed by atoms with E-state index in [1.165, 1.54) is 83.5 Å². The molecule has 7 unspecified atom stereocenters. The SMILES string of the molecule is C=CC(CCCCCCCC(=O)OCC(COC(=O)CCCCCCCC(O)C(O)CCCCCCCC)OC(=O)CCCCCCCC(O)C(O)CCCCCCCC)C(O)CCCCCCCC. The van der Waals surface area contributed by atoms with Gasteiger partial charge in [0.15, 0.2) is 6.10 Å². The molecule has 0 aromatic carbocycles. The lowest BCUT2D eigenvalue weighted by Crippen LogP contribution is -2.30. The smallest absolute Gasteiger partial charge is 0.306 e. The van der Waals surface area contributed by atoms with E-state index >= 15 is 0 Å². The van der Waals surface area contributed by atoms with Crippen LogP contribution in [-0.2, 0) is 28.6 Å². The van der Waals surface area contributed by atoms with Crippen LogP contribution in [0.3, 0.4) is 0 Å². The fourth-order valence-corrected chi connectivity index (χ4v) is 9.22. The molecular weight excluding hydrogens is 885 g/mol. The predicted octanol–water partition coefficient (Wildman–Crippen LogP) is 14.0. The van der Waals surface area contributed by atoms with Crippen molar-refractivity contribution in [1.82, 2.24) is 0 Å². The molecule has 0 saturated carbocycles. The van der Waals surface area contributed by atoms with Crippen LogP contribution in [-0.4, -0.2) is 93.3 Å². The van der Waals surface area contributed by atoms with Crippen molar-refractivity contribution in [3.63, 3.8) is 0 Å². The summed E-state index contributed by atoms with van der Waals surface area (Å²) >= 11 is 0. The molecular formula is C59H112O11. The molecule has 0 bridgehead atoms. The molecule has 0 amide bonds. The highest BCUT2D eigenvalue weighted by Gasteiger charge is 2.21. The summed E-state index contributed by atoms with van der Waals surface area (Å²) in [5.41, 5.74) is 0. The summed E-state index contributed by atoms with van der Waals surface area (Å²) in [6.45, 7) is 10.2. The number of esters is 3. The topological polar surface area (TPSA) is 180 Å². The summed E-state index contributed by atoms with van der Waals surface area (Å²) in [7, 11) is 0. The van der Waals surface area contributed by atoms with E-state index in [0.717, 1.165) is 122 Å². The maximum atomic E-state index is 12.9. The first-order valence-electron chi connectivity index (χ1n) is 29.5. The molecule has 7 atom stereocenters. The van der Waals surface area contributed by atoms with Crippen molar-refractivity contribution in [2.24, 2.45) is 5.92 Å². The van der Waals surface area contributed by atoms with E-state index in [0.29, 0.717) is 44.9 Å². The van der Waals surface area contributed by atoms with Crippen LogP contribution in [0.1, 0.15) is 290 Å². The molecule has 0 fully saturated rings. The van der Waals surface area contributed by atoms with Gasteiger partial charge in [-0.05, 0) is 57.8 Å². The lowest BCUT2D eigenvalue weighted by molar-refractivity contribution is -0.167. The van der Waals surface area contributed by atoms with Crippen molar-refractivity contribution in [2.75, 3.05) is 13.2 Å². The van der Waals surface area contributed by atoms with Gasteiger partial charge in [0.05, 0.1) is 30.5 Å². The maximum Gasteiger partial charge on any atom is 0.306 e. The third kappa shape index (κ3) is 43.5. The highest BCUT2D eigenvalue weighted by atomic mass is 16.6. The summed E-state index contributed by atoms with van der Waals surface area (Å²) in [6.07, 6.45) is 36.6. The van der Waals surface area contributed by atoms with E-state index in [1.807, 2.05) is 6.08 Å². The molecule has 0 aromatic heterocycles. The van der Waals surface area contributed by atoms with E-state index in [1.54, 1.807) is 0 Å². The van der Waals surface area contributed by atoms with Crippen LogP contribution in [0.2, 0.25) is 0 Å². The van der Waals surface area contributed by atoms with Crippen LogP contribution in [0.5, 0.6) is 0 Å². The molecule has 0 heterocycles. The number of hydrogen-bond donors (Lipinski definition) is 5. The van der Waals surface area contributed by atoms with E-state index in [2.05, 4.69) is 27.4 Å². The zero-order valence-corrected chi connectivity index (χ0v) is 45.6. The predicted molar refractivity (Wildman–Crippen MR) is 286 cm³/mol. The monoisotopic (exact) mass is 997 g/mol. The van der Waals surface area contributed by atoms with Gasteiger partial charge in [-0.15, -0.1) is 6.58 Å². The lowest BCUT2D eigenvalue weighted by Gasteiger charge is -2.19. The van der Waals surface area contributed by atoms with Crippen molar-refractivity contribution >= 4 is 17.9 Å². The summed E-state index contributed by atoms with van der Waals surface area (Å²) in [4.78, 5) is 38.3. The zero-order valence-electron chi connectivity index (χ0n) is 45.6. The first-order chi connectivity index (χ1) is 34.0. The van der Waals surface area contributed by atoms with Gasteiger partial charge in [-0.1, -0.05) is 219 Å². The molecule has 70 heavy (non-hydrogen) atoms. The van der Waals surface area contributed by atoms with Crippen LogP contribution in [0, 0.1) is 5.92 Å². The van der Waals surface area contributed by atoms with E-state index < -0.39 is 42.5 Å². The average molecular weight is 998 g/mol. The van der Waals surface area contributed by atoms with Gasteiger partial charge in [0, 0.05) is 25.2 Å². The highest BCUT2D eigenvalue weighted by molar-refractivity contribution is 5.71. The van der Waals surface area contributed by atoms with Crippen LogP contribution in [0.15, 0.2) is 12.7 Å². The molecule has 0 radical (unpaired) electrons. The Morgan fingerprint density at radius 2 is 0.614 bits per heavy atom. The zero-order chi connectivity index (χ0) is 51.7. The van der Waals surface area contributed by atoms with Crippen LogP contribution in [0.4, 0.5) is 0 Å². The van der Waals surface area contributed by atoms with Crippen molar-refractivity contribution in [1.29, 1.82) is 0 Å². The van der Waals surface area contributed by atoms with Crippen molar-refractivity contribution in [3.05, 3.63) is 12.7 Å². The standard InChI is InChI=1S/C59H112O11/c1-5-9-12-15-22-31-40-52(60)50(8-4)39-30-21-18-27-36-45-57(65)68-48-51(70-59(67)47-38-29-20-26-35-44-56(64)54(62)42-33-24-17-14-11-7-3)49-69-58(66)46-37-28-19-25-34-43-55(63)53(61)41-32-23-16-13-10-6-2/h8,50-56,60-64H,4-7,9-49H2,1-3H3. The molecule has 0 aliphatic carbocycles. The van der Waals surface area contributed by atoms with Gasteiger partial charge in [0.25, 0.3) is 0 Å². The fourth-order valence-electron chi connectivity index (χ4n) is 9.22. The minimum Gasteiger partial charge on any atom is -0.462 e. The molecule has 11 nitrogen and oxygen atoms in total. The van der Waals surface area contributed by atoms with Gasteiger partial charge in [-0.2, -0.15) is 0 Å². The Hall–Kier alpha value is -2.05. The second-order valence-electron chi connectivity index (χ2n) is 20.8. The Balaban J connectivity index is 4.67. The molecule has 0 rings (SSSR count). The van der Waals surface area contributed by atoms with Crippen LogP contribution in [0.25, 0.3) is 0 Å². The first-order valence-corrected chi connectivity index (χ1v) is 29.5. The van der Waals surface area contributed by atoms with Gasteiger partial charge in [-0.25, -0.2) is 0 Å². The Labute approximate surface area is 429 Å². The first kappa shape index (κ1) is 68.0. The number of unbranched alkanes of at least 4 members (excludes halogenated alkanes) is 27. The van der Waals surface area contributed by atoms with Crippen LogP contribution < -0.4 is 0 Å². The number of carbonyl (C=O) groups excluding carboxylic acids is 3. The molecule has 0 spiro atoms. The van der Waals surface area contributed by atoms with Crippen LogP contribution >= 0.6 is 0 Å². The Kier molecular flexibility index (Phi) is 49.0. The number of rotatable bonds is 54. The number of aliphatic hydroxyl groups excluding tert-OH is 5. The minimum absolute atomic E-state index is 0.117. The molecule has 0 aliphatic rings. The number of ether oxygens (including phenoxy) is 3. The molecule has 0 saturated heterocycles. The Morgan fingerprint density at radius 3 is 0.929 bits per heavy atom. The Morgan fingerprint density at radius 1 is 0.357 bits per heavy atom. The molecule has 414 valence electrons. The second-order valence-corrected chi connectivity index (χ2v) is 20.8. The third-order valence-corrected chi connectivity index (χ3v) is 14.1. The molecule has 0 aromatic rings. The van der Waals surface area contributed by atoms with Crippen molar-refractivity contribution in [2.45, 2.75) is 327 Å². The largest absolute Gasteiger partial charge is 0.462 e. The summed E-state index contributed by atoms with van der Waals surface area (Å²) in [5, 5.41) is 52.1. The van der Waals surface area contributed by atoms with E-state index in [9.17, 15) is 39.9 Å². The number of aliphatic hydroxyl groups is 5. The van der Waals surface area contributed by atoms with Gasteiger partial charge in [-0.3, -0.25) is 14.4 Å². The number of carbonyl (C=O) groups is 3. The summed E-state index contributed by atoms with van der Waals surface area (Å²) in [5.74, 6) is -1.09. The number of hydrogen-bond acceptors (Lipinski definition) is 11. The third-order valence-electron chi connectivity index (χ3n) is 14.1. The van der Waals surface area contributed by atoms with Gasteiger partial charge < -0.3 is 39.7 Å². The van der Waals surface area contributed by atoms with Gasteiger partial charge in [0.1, 0.15) is 13.2 Å². The average Bonchev–Trinajstić information content (AvgIpc) is 3.35. The summed E-state index contributed by atoms with van der Waals surface area (Å²) < 4.78 is 16.7. The Bertz CT molecular complexity index is 1180. The lowest BCUT2D eigenvalue weighted by atomic mass is 9.91. The maximum absolute atomic E-state index is 12.9. The normalized spacial score (nSPS) is 14.6. The second kappa shape index (κ2) is 50.5. The molecule has 0 aliphatic heterocycles. The van der Waals surface area contributed by atoms with Gasteiger partial charge in [0.2, 0.25) is 0 Å². The van der Waals surface area contributed by atoms with E-state index in [4.69, 9.17) is 14.2 Å². The quantitative estimate of drug-likeness (QED) is 0.0169. The molecule has 11 heteroatoms. The van der Waals surface area contributed by atoms with E-state index in [-0.39, 0.29) is 50.5 Å². The summed E-state index contributed by atoms with van der Waals surface area (Å²) in [6, 6.07) is 0. The minimum atomic E-state index is -0.901. The van der Waals surface area contributed by atoms with Crippen molar-refractivity contribution < 1.29 is 54.1 Å². The fraction of sp³-hybridized carbons (Fsp3) is 0.915. The van der Waals surface area contributed by atoms with Crippen molar-refractivity contribution in [3.8, 4) is 0 Å².